The topological polar surface area (TPSA) is 34.4 Å². The van der Waals surface area contributed by atoms with Crippen molar-refractivity contribution in [2.45, 2.75) is 12.8 Å². The van der Waals surface area contributed by atoms with Gasteiger partial charge in [0.2, 0.25) is 0 Å². The van der Waals surface area contributed by atoms with Gasteiger partial charge in [-0.05, 0) is 44.1 Å². The number of nitrogens with one attached hydrogen (secondary N) is 1. The Morgan fingerprint density at radius 3 is 3.00 bits per heavy atom. The maximum Gasteiger partial charge on any atom is 0.137 e. The molecular weight excluding hydrogens is 202 g/mol. The third-order valence-corrected chi connectivity index (χ3v) is 2.74. The average Bonchev–Trinajstić information content (AvgIpc) is 2.72. The van der Waals surface area contributed by atoms with Crippen molar-refractivity contribution in [3.63, 3.8) is 0 Å². The van der Waals surface area contributed by atoms with E-state index in [2.05, 4.69) is 11.4 Å². The maximum absolute atomic E-state index is 5.52. The first-order valence-corrected chi connectivity index (χ1v) is 5.54. The summed E-state index contributed by atoms with van der Waals surface area (Å²) in [6.45, 7) is 1.03. The number of methoxy groups -OCH3 is 1. The molecule has 0 amide bonds. The molecule has 0 aliphatic rings. The zero-order valence-electron chi connectivity index (χ0n) is 9.75. The summed E-state index contributed by atoms with van der Waals surface area (Å²) in [6.07, 6.45) is 4.01. The summed E-state index contributed by atoms with van der Waals surface area (Å²) in [6, 6.07) is 5.96. The van der Waals surface area contributed by atoms with Crippen molar-refractivity contribution in [3.05, 3.63) is 30.0 Å². The van der Waals surface area contributed by atoms with E-state index in [1.807, 2.05) is 25.4 Å². The van der Waals surface area contributed by atoms with Crippen molar-refractivity contribution < 1.29 is 9.15 Å². The van der Waals surface area contributed by atoms with Gasteiger partial charge < -0.3 is 14.5 Å². The van der Waals surface area contributed by atoms with E-state index in [9.17, 15) is 0 Å². The smallest absolute Gasteiger partial charge is 0.137 e. The van der Waals surface area contributed by atoms with E-state index in [0.29, 0.717) is 0 Å². The number of fused-ring (bicyclic) bond motifs is 1. The first-order valence-electron chi connectivity index (χ1n) is 5.54. The van der Waals surface area contributed by atoms with Gasteiger partial charge in [0.05, 0.1) is 13.4 Å². The van der Waals surface area contributed by atoms with Crippen molar-refractivity contribution in [1.82, 2.24) is 5.32 Å². The van der Waals surface area contributed by atoms with Gasteiger partial charge in [0.25, 0.3) is 0 Å². The molecule has 0 bridgehead atoms. The Hall–Kier alpha value is -1.48. The molecule has 2 aromatic rings. The van der Waals surface area contributed by atoms with Crippen LogP contribution < -0.4 is 10.1 Å². The lowest BCUT2D eigenvalue weighted by molar-refractivity contribution is 0.414. The van der Waals surface area contributed by atoms with E-state index in [1.165, 1.54) is 10.9 Å². The molecule has 0 radical (unpaired) electrons. The van der Waals surface area contributed by atoms with Crippen LogP contribution in [0.25, 0.3) is 11.0 Å². The van der Waals surface area contributed by atoms with Crippen LogP contribution in [0.3, 0.4) is 0 Å². The van der Waals surface area contributed by atoms with E-state index in [0.717, 1.165) is 30.7 Å². The fraction of sp³-hybridized carbons (Fsp3) is 0.385. The van der Waals surface area contributed by atoms with Gasteiger partial charge in [-0.25, -0.2) is 0 Å². The number of ether oxygens (including phenoxy) is 1. The lowest BCUT2D eigenvalue weighted by Crippen LogP contribution is -2.08. The molecule has 0 unspecified atom stereocenters. The molecule has 0 fully saturated rings. The molecule has 1 aromatic heterocycles. The number of benzene rings is 1. The van der Waals surface area contributed by atoms with Gasteiger partial charge in [-0.2, -0.15) is 0 Å². The molecule has 0 atom stereocenters. The predicted octanol–water partition coefficient (Wildman–Crippen LogP) is 2.59. The van der Waals surface area contributed by atoms with Crippen LogP contribution in [-0.4, -0.2) is 20.7 Å². The SMILES string of the molecule is CNCCCc1coc2cc(OC)ccc12. The van der Waals surface area contributed by atoms with E-state index in [-0.39, 0.29) is 0 Å². The van der Waals surface area contributed by atoms with E-state index in [1.54, 1.807) is 7.11 Å². The summed E-state index contributed by atoms with van der Waals surface area (Å²) >= 11 is 0. The van der Waals surface area contributed by atoms with Crippen molar-refractivity contribution in [3.8, 4) is 5.75 Å². The highest BCUT2D eigenvalue weighted by molar-refractivity contribution is 5.82. The summed E-state index contributed by atoms with van der Waals surface area (Å²) in [7, 11) is 3.64. The Balaban J connectivity index is 2.20. The van der Waals surface area contributed by atoms with Crippen LogP contribution in [0.4, 0.5) is 0 Å². The number of hydrogen-bond donors (Lipinski definition) is 1. The van der Waals surface area contributed by atoms with Gasteiger partial charge in [0.1, 0.15) is 11.3 Å². The second kappa shape index (κ2) is 5.03. The summed E-state index contributed by atoms with van der Waals surface area (Å²) in [5, 5.41) is 4.34. The zero-order valence-corrected chi connectivity index (χ0v) is 9.75. The molecule has 0 saturated carbocycles. The van der Waals surface area contributed by atoms with Gasteiger partial charge in [-0.3, -0.25) is 0 Å². The van der Waals surface area contributed by atoms with Crippen LogP contribution in [0.1, 0.15) is 12.0 Å². The van der Waals surface area contributed by atoms with Crippen molar-refractivity contribution in [2.24, 2.45) is 0 Å². The molecule has 1 N–H and O–H groups in total. The van der Waals surface area contributed by atoms with Crippen molar-refractivity contribution in [1.29, 1.82) is 0 Å². The molecule has 0 spiro atoms. The lowest BCUT2D eigenvalue weighted by Gasteiger charge is -2.00. The molecule has 0 aliphatic heterocycles. The highest BCUT2D eigenvalue weighted by Gasteiger charge is 2.06. The first-order chi connectivity index (χ1) is 7.85. The third kappa shape index (κ3) is 2.19. The molecular formula is C13H17NO2. The van der Waals surface area contributed by atoms with E-state index < -0.39 is 0 Å². The van der Waals surface area contributed by atoms with Gasteiger partial charge in [0.15, 0.2) is 0 Å². The molecule has 3 nitrogen and oxygen atoms in total. The summed E-state index contributed by atoms with van der Waals surface area (Å²) in [5.41, 5.74) is 2.17. The minimum absolute atomic E-state index is 0.837. The Morgan fingerprint density at radius 1 is 1.38 bits per heavy atom. The quantitative estimate of drug-likeness (QED) is 0.785. The molecule has 0 aliphatic carbocycles. The van der Waals surface area contributed by atoms with Gasteiger partial charge in [-0.1, -0.05) is 0 Å². The van der Waals surface area contributed by atoms with Crippen LogP contribution in [0.2, 0.25) is 0 Å². The highest BCUT2D eigenvalue weighted by Crippen LogP contribution is 2.26. The summed E-state index contributed by atoms with van der Waals surface area (Å²) in [5.74, 6) is 0.837. The fourth-order valence-electron chi connectivity index (χ4n) is 1.84. The van der Waals surface area contributed by atoms with Crippen LogP contribution in [0.5, 0.6) is 5.75 Å². The van der Waals surface area contributed by atoms with Crippen LogP contribution >= 0.6 is 0 Å². The Labute approximate surface area is 95.4 Å². The zero-order chi connectivity index (χ0) is 11.4. The molecule has 0 saturated heterocycles. The lowest BCUT2D eigenvalue weighted by atomic mass is 10.1. The van der Waals surface area contributed by atoms with Gasteiger partial charge >= 0.3 is 0 Å². The highest BCUT2D eigenvalue weighted by atomic mass is 16.5. The Bertz CT molecular complexity index is 462. The Kier molecular flexibility index (Phi) is 3.47. The van der Waals surface area contributed by atoms with Crippen LogP contribution in [0, 0.1) is 0 Å². The molecule has 1 aromatic carbocycles. The summed E-state index contributed by atoms with van der Waals surface area (Å²) in [4.78, 5) is 0. The molecule has 3 heteroatoms. The van der Waals surface area contributed by atoms with Crippen molar-refractivity contribution in [2.75, 3.05) is 20.7 Å². The minimum Gasteiger partial charge on any atom is -0.497 e. The number of aryl methyl sites for hydroxylation is 1. The minimum atomic E-state index is 0.837. The predicted molar refractivity (Wildman–Crippen MR) is 65.0 cm³/mol. The fourth-order valence-corrected chi connectivity index (χ4v) is 1.84. The normalized spacial score (nSPS) is 10.9. The van der Waals surface area contributed by atoms with E-state index >= 15 is 0 Å². The molecule has 1 heterocycles. The van der Waals surface area contributed by atoms with Crippen LogP contribution in [-0.2, 0) is 6.42 Å². The first kappa shape index (κ1) is 11.0. The molecule has 16 heavy (non-hydrogen) atoms. The third-order valence-electron chi connectivity index (χ3n) is 2.74. The standard InChI is InChI=1S/C13H17NO2/c1-14-7-3-4-10-9-16-13-8-11(15-2)5-6-12(10)13/h5-6,8-9,14H,3-4,7H2,1-2H3. The Morgan fingerprint density at radius 2 is 2.25 bits per heavy atom. The average molecular weight is 219 g/mol. The number of rotatable bonds is 5. The van der Waals surface area contributed by atoms with E-state index in [4.69, 9.17) is 9.15 Å². The second-order valence-electron chi connectivity index (χ2n) is 3.83. The number of hydrogen-bond acceptors (Lipinski definition) is 3. The van der Waals surface area contributed by atoms with Crippen molar-refractivity contribution >= 4 is 11.0 Å². The number of furan rings is 1. The largest absolute Gasteiger partial charge is 0.497 e. The second-order valence-corrected chi connectivity index (χ2v) is 3.83. The summed E-state index contributed by atoms with van der Waals surface area (Å²) < 4.78 is 10.7. The maximum atomic E-state index is 5.52. The van der Waals surface area contributed by atoms with Gasteiger partial charge in [0, 0.05) is 11.5 Å². The molecule has 86 valence electrons. The van der Waals surface area contributed by atoms with Gasteiger partial charge in [-0.15, -0.1) is 0 Å². The monoisotopic (exact) mass is 219 g/mol. The van der Waals surface area contributed by atoms with Crippen LogP contribution in [0.15, 0.2) is 28.9 Å². The molecule has 2 rings (SSSR count).